The molecule has 0 aliphatic carbocycles. The number of hydrogen-bond donors (Lipinski definition) is 1. The van der Waals surface area contributed by atoms with Gasteiger partial charge in [-0.15, -0.1) is 0 Å². The molecule has 26 heavy (non-hydrogen) atoms. The summed E-state index contributed by atoms with van der Waals surface area (Å²) >= 11 is 0. The summed E-state index contributed by atoms with van der Waals surface area (Å²) in [5.41, 5.74) is 6.04. The van der Waals surface area contributed by atoms with Crippen LogP contribution in [0.1, 0.15) is 11.3 Å². The second-order valence-corrected chi connectivity index (χ2v) is 5.42. The van der Waals surface area contributed by atoms with Crippen molar-refractivity contribution in [3.05, 3.63) is 58.9 Å². The van der Waals surface area contributed by atoms with Crippen molar-refractivity contribution in [1.29, 1.82) is 0 Å². The van der Waals surface area contributed by atoms with Crippen LogP contribution in [0.3, 0.4) is 0 Å². The van der Waals surface area contributed by atoms with E-state index in [0.717, 1.165) is 11.3 Å². The van der Waals surface area contributed by atoms with Crippen molar-refractivity contribution in [2.45, 2.75) is 6.92 Å². The standard InChI is InChI=1S/C18H18N4O4/c1-12-18(21-26-22(12)23)14-6-9-17(25-3)16(10-14)20-19-11-13-4-7-15(24-2)8-5-13/h4-11,20H,1-3H3/b19-11+. The zero-order valence-corrected chi connectivity index (χ0v) is 14.6. The molecule has 0 spiro atoms. The van der Waals surface area contributed by atoms with Gasteiger partial charge in [0.05, 0.1) is 26.1 Å². The first-order chi connectivity index (χ1) is 12.6. The molecule has 8 heteroatoms. The topological polar surface area (TPSA) is 95.8 Å². The predicted octanol–water partition coefficient (Wildman–Crippen LogP) is 2.75. The van der Waals surface area contributed by atoms with Gasteiger partial charge >= 0.3 is 0 Å². The van der Waals surface area contributed by atoms with Gasteiger partial charge in [0.1, 0.15) is 11.5 Å². The molecule has 1 aromatic heterocycles. The number of methoxy groups -OCH3 is 2. The number of rotatable bonds is 6. The molecular weight excluding hydrogens is 336 g/mol. The molecule has 0 aliphatic heterocycles. The summed E-state index contributed by atoms with van der Waals surface area (Å²) in [5.74, 6) is 1.39. The van der Waals surface area contributed by atoms with Crippen LogP contribution in [-0.2, 0) is 0 Å². The van der Waals surface area contributed by atoms with E-state index in [-0.39, 0.29) is 0 Å². The highest BCUT2D eigenvalue weighted by molar-refractivity contribution is 5.81. The highest BCUT2D eigenvalue weighted by Gasteiger charge is 2.18. The van der Waals surface area contributed by atoms with Crippen LogP contribution in [0, 0.1) is 12.1 Å². The second-order valence-electron chi connectivity index (χ2n) is 5.42. The summed E-state index contributed by atoms with van der Waals surface area (Å²) in [7, 11) is 3.19. The fourth-order valence-electron chi connectivity index (χ4n) is 2.36. The normalized spacial score (nSPS) is 10.9. The van der Waals surface area contributed by atoms with Gasteiger partial charge in [-0.05, 0) is 52.9 Å². The molecule has 2 aromatic carbocycles. The molecule has 0 atom stereocenters. The van der Waals surface area contributed by atoms with Gasteiger partial charge < -0.3 is 14.7 Å². The van der Waals surface area contributed by atoms with Gasteiger partial charge in [-0.3, -0.25) is 10.1 Å². The summed E-state index contributed by atoms with van der Waals surface area (Å²) in [5, 5.41) is 19.4. The average molecular weight is 354 g/mol. The third-order valence-electron chi connectivity index (χ3n) is 3.81. The minimum atomic E-state index is 0.370. The Morgan fingerprint density at radius 1 is 1.15 bits per heavy atom. The van der Waals surface area contributed by atoms with Crippen molar-refractivity contribution in [3.63, 3.8) is 0 Å². The Labute approximate surface area is 150 Å². The zero-order chi connectivity index (χ0) is 18.5. The molecular formula is C18H18N4O4. The van der Waals surface area contributed by atoms with E-state index >= 15 is 0 Å². The zero-order valence-electron chi connectivity index (χ0n) is 14.6. The maximum Gasteiger partial charge on any atom is 0.251 e. The van der Waals surface area contributed by atoms with Crippen LogP contribution in [0.25, 0.3) is 11.3 Å². The first-order valence-corrected chi connectivity index (χ1v) is 7.80. The lowest BCUT2D eigenvalue weighted by Gasteiger charge is -2.08. The molecule has 0 fully saturated rings. The molecule has 0 aliphatic rings. The predicted molar refractivity (Wildman–Crippen MR) is 96.4 cm³/mol. The van der Waals surface area contributed by atoms with Gasteiger partial charge in [0.2, 0.25) is 5.69 Å². The number of benzene rings is 2. The van der Waals surface area contributed by atoms with E-state index in [0.29, 0.717) is 33.3 Å². The smallest absolute Gasteiger partial charge is 0.251 e. The van der Waals surface area contributed by atoms with Gasteiger partial charge in [0, 0.05) is 17.6 Å². The number of hydrogen-bond acceptors (Lipinski definition) is 7. The van der Waals surface area contributed by atoms with Crippen LogP contribution < -0.4 is 19.8 Å². The number of ether oxygens (including phenoxy) is 2. The van der Waals surface area contributed by atoms with Crippen molar-refractivity contribution >= 4 is 11.9 Å². The largest absolute Gasteiger partial charge is 0.497 e. The van der Waals surface area contributed by atoms with Crippen molar-refractivity contribution in [2.24, 2.45) is 5.10 Å². The number of nitrogens with zero attached hydrogens (tertiary/aromatic N) is 3. The molecule has 1 heterocycles. The van der Waals surface area contributed by atoms with Gasteiger partial charge in [-0.1, -0.05) is 0 Å². The van der Waals surface area contributed by atoms with Crippen molar-refractivity contribution in [1.82, 2.24) is 5.16 Å². The summed E-state index contributed by atoms with van der Waals surface area (Å²) in [4.78, 5) is 0.370. The fraction of sp³-hybridized carbons (Fsp3) is 0.167. The van der Waals surface area contributed by atoms with E-state index in [9.17, 15) is 5.21 Å². The molecule has 0 saturated carbocycles. The quantitative estimate of drug-likeness (QED) is 0.415. The van der Waals surface area contributed by atoms with E-state index in [4.69, 9.17) is 9.47 Å². The van der Waals surface area contributed by atoms with Crippen molar-refractivity contribution in [3.8, 4) is 22.8 Å². The lowest BCUT2D eigenvalue weighted by Crippen LogP contribution is -2.25. The first-order valence-electron chi connectivity index (χ1n) is 7.80. The Morgan fingerprint density at radius 3 is 2.54 bits per heavy atom. The molecule has 0 unspecified atom stereocenters. The lowest BCUT2D eigenvalue weighted by atomic mass is 10.1. The molecule has 0 saturated heterocycles. The van der Waals surface area contributed by atoms with Gasteiger partial charge in [0.25, 0.3) is 5.69 Å². The van der Waals surface area contributed by atoms with E-state index in [1.165, 1.54) is 0 Å². The van der Waals surface area contributed by atoms with E-state index in [2.05, 4.69) is 20.3 Å². The number of hydrazone groups is 1. The Hall–Kier alpha value is -3.55. The molecule has 0 amide bonds. The van der Waals surface area contributed by atoms with Gasteiger partial charge in [0.15, 0.2) is 0 Å². The fourth-order valence-corrected chi connectivity index (χ4v) is 2.36. The average Bonchev–Trinajstić information content (AvgIpc) is 3.01. The summed E-state index contributed by atoms with van der Waals surface area (Å²) < 4.78 is 15.1. The van der Waals surface area contributed by atoms with Crippen LogP contribution in [-0.4, -0.2) is 25.6 Å². The Kier molecular flexibility index (Phi) is 5.02. The van der Waals surface area contributed by atoms with Crippen LogP contribution in [0.4, 0.5) is 5.69 Å². The highest BCUT2D eigenvalue weighted by atomic mass is 16.8. The third-order valence-corrected chi connectivity index (χ3v) is 3.81. The monoisotopic (exact) mass is 354 g/mol. The van der Waals surface area contributed by atoms with Gasteiger partial charge in [-0.2, -0.15) is 5.10 Å². The van der Waals surface area contributed by atoms with Crippen LogP contribution >= 0.6 is 0 Å². The summed E-state index contributed by atoms with van der Waals surface area (Å²) in [6.07, 6.45) is 1.68. The maximum atomic E-state index is 11.4. The van der Waals surface area contributed by atoms with Gasteiger partial charge in [-0.25, -0.2) is 0 Å². The lowest BCUT2D eigenvalue weighted by molar-refractivity contribution is -0.806. The van der Waals surface area contributed by atoms with E-state index in [1.54, 1.807) is 45.6 Å². The van der Waals surface area contributed by atoms with E-state index < -0.39 is 0 Å². The second kappa shape index (κ2) is 7.56. The number of aromatic nitrogens is 2. The first kappa shape index (κ1) is 17.3. The Balaban J connectivity index is 1.82. The van der Waals surface area contributed by atoms with Crippen LogP contribution in [0.5, 0.6) is 11.5 Å². The minimum Gasteiger partial charge on any atom is -0.497 e. The van der Waals surface area contributed by atoms with Crippen molar-refractivity contribution < 1.29 is 19.0 Å². The van der Waals surface area contributed by atoms with E-state index in [1.807, 2.05) is 24.3 Å². The molecule has 0 bridgehead atoms. The summed E-state index contributed by atoms with van der Waals surface area (Å²) in [6.45, 7) is 1.64. The SMILES string of the molecule is COc1ccc(/C=N/Nc2cc(-c3no[n+]([O-])c3C)ccc2OC)cc1. The molecule has 8 nitrogen and oxygen atoms in total. The number of anilines is 1. The molecule has 1 N–H and O–H groups in total. The molecule has 3 rings (SSSR count). The highest BCUT2D eigenvalue weighted by Crippen LogP contribution is 2.30. The number of nitrogens with one attached hydrogen (secondary N) is 1. The molecule has 134 valence electrons. The molecule has 0 radical (unpaired) electrons. The molecule has 3 aromatic rings. The van der Waals surface area contributed by atoms with Crippen LogP contribution in [0.15, 0.2) is 52.2 Å². The summed E-state index contributed by atoms with van der Waals surface area (Å²) in [6, 6.07) is 12.8. The van der Waals surface area contributed by atoms with Crippen molar-refractivity contribution in [2.75, 3.05) is 19.6 Å². The third kappa shape index (κ3) is 3.59. The van der Waals surface area contributed by atoms with Crippen LogP contribution in [0.2, 0.25) is 0 Å². The minimum absolute atomic E-state index is 0.370. The Bertz CT molecular complexity index is 919. The maximum absolute atomic E-state index is 11.4. The Morgan fingerprint density at radius 2 is 1.92 bits per heavy atom.